The van der Waals surface area contributed by atoms with Crippen molar-refractivity contribution in [2.24, 2.45) is 0 Å². The molecule has 6 heteroatoms. The van der Waals surface area contributed by atoms with Crippen molar-refractivity contribution in [2.45, 2.75) is 6.42 Å². The van der Waals surface area contributed by atoms with Gasteiger partial charge in [-0.3, -0.25) is 0 Å². The fourth-order valence-corrected chi connectivity index (χ4v) is 16.5. The van der Waals surface area contributed by atoms with Crippen LogP contribution in [0.25, 0.3) is 9.41 Å². The van der Waals surface area contributed by atoms with Crippen molar-refractivity contribution in [3.63, 3.8) is 0 Å². The summed E-state index contributed by atoms with van der Waals surface area (Å²) >= 11 is -1.44. The second-order valence-electron chi connectivity index (χ2n) is 6.57. The van der Waals surface area contributed by atoms with E-state index in [2.05, 4.69) is 41.7 Å². The molecule has 2 aromatic carbocycles. The molecule has 4 bridgehead atoms. The Kier molecular flexibility index (Phi) is 3.79. The molecule has 0 spiro atoms. The molecule has 2 amide bonds. The molecule has 2 aromatic rings. The number of carbonyl (C=O) groups is 2. The molecule has 0 atom stereocenters. The van der Waals surface area contributed by atoms with E-state index in [-0.39, 0.29) is 11.1 Å². The molecule has 1 saturated heterocycles. The van der Waals surface area contributed by atoms with Gasteiger partial charge < -0.3 is 0 Å². The van der Waals surface area contributed by atoms with Crippen molar-refractivity contribution >= 4 is 57.1 Å². The number of allylic oxidation sites excluding steroid dienone is 1. The normalized spacial score (nSPS) is 19.9. The van der Waals surface area contributed by atoms with Crippen LogP contribution >= 0.6 is 11.8 Å². The van der Waals surface area contributed by atoms with Gasteiger partial charge in [0.05, 0.1) is 0 Å². The summed E-state index contributed by atoms with van der Waals surface area (Å²) in [4.78, 5) is 24.6. The van der Waals surface area contributed by atoms with Crippen molar-refractivity contribution < 1.29 is 14.3 Å². The third-order valence-electron chi connectivity index (χ3n) is 5.16. The quantitative estimate of drug-likeness (QED) is 0.712. The molecule has 0 unspecified atom stereocenters. The Balaban J connectivity index is 1.56. The summed E-state index contributed by atoms with van der Waals surface area (Å²) < 4.78 is 9.35. The summed E-state index contributed by atoms with van der Waals surface area (Å²) in [6, 6.07) is 14.5. The molecule has 3 heterocycles. The minimum absolute atomic E-state index is 0.226. The minimum atomic E-state index is -2.51. The van der Waals surface area contributed by atoms with Gasteiger partial charge in [0.2, 0.25) is 0 Å². The molecule has 0 radical (unpaired) electrons. The maximum absolute atomic E-state index is 12.3. The van der Waals surface area contributed by atoms with Crippen LogP contribution in [0.5, 0.6) is 5.75 Å². The van der Waals surface area contributed by atoms with E-state index in [0.717, 1.165) is 23.9 Å². The SMILES string of the molecule is COc1ccc(C[C]2=Cc3c4ccc[c]3[In]2/[C]4=C2\SC(=O)NC2=O)cc1. The third kappa shape index (κ3) is 2.39. The molecule has 4 nitrogen and oxygen atoms in total. The van der Waals surface area contributed by atoms with E-state index in [0.29, 0.717) is 4.91 Å². The van der Waals surface area contributed by atoms with Crippen LogP contribution in [-0.2, 0) is 11.2 Å². The molecule has 126 valence electrons. The summed E-state index contributed by atoms with van der Waals surface area (Å²) in [5.74, 6) is 0.628. The molecular weight excluding hydrogens is 449 g/mol. The first-order valence-electron chi connectivity index (χ1n) is 8.39. The Morgan fingerprint density at radius 2 is 1.92 bits per heavy atom. The summed E-state index contributed by atoms with van der Waals surface area (Å²) in [6.45, 7) is 0. The van der Waals surface area contributed by atoms with Crippen molar-refractivity contribution in [3.8, 4) is 5.75 Å². The van der Waals surface area contributed by atoms with Crippen molar-refractivity contribution in [3.05, 3.63) is 67.4 Å². The predicted octanol–water partition coefficient (Wildman–Crippen LogP) is 2.82. The van der Waals surface area contributed by atoms with Gasteiger partial charge >= 0.3 is 163 Å². The number of imide groups is 1. The third-order valence-corrected chi connectivity index (χ3v) is 16.4. The Hall–Kier alpha value is -1.92. The van der Waals surface area contributed by atoms with Crippen molar-refractivity contribution in [2.75, 3.05) is 7.11 Å². The van der Waals surface area contributed by atoms with Crippen LogP contribution in [0, 0.1) is 0 Å². The number of rotatable bonds is 3. The summed E-state index contributed by atoms with van der Waals surface area (Å²) in [6.07, 6.45) is 3.23. The van der Waals surface area contributed by atoms with E-state index in [1.807, 2.05) is 12.1 Å². The second kappa shape index (κ2) is 6.06. The van der Waals surface area contributed by atoms with E-state index < -0.39 is 21.4 Å². The molecule has 0 aromatic heterocycles. The monoisotopic (exact) mass is 463 g/mol. The maximum atomic E-state index is 12.3. The van der Waals surface area contributed by atoms with Crippen molar-refractivity contribution in [1.29, 1.82) is 0 Å². The standard InChI is InChI=1S/C20H14NO3S.In/c1-24-17-11-9-14(10-12-17)5-4-8-15-6-2-3-7-16(15)13-18-19(22)21-20(23)25-18;/h2-3,7-12H,5H2,1H3,(H,21,22,23);. The molecular formula is C20H14InNO3S. The Bertz CT molecular complexity index is 1040. The van der Waals surface area contributed by atoms with Crippen LogP contribution in [-0.4, -0.2) is 39.7 Å². The topological polar surface area (TPSA) is 55.4 Å². The molecule has 3 aliphatic heterocycles. The zero-order chi connectivity index (χ0) is 17.8. The number of hydrogen-bond acceptors (Lipinski definition) is 4. The number of hydrogen-bond donors (Lipinski definition) is 1. The number of ether oxygens (including phenoxy) is 1. The van der Waals surface area contributed by atoms with Gasteiger partial charge in [-0.05, 0) is 0 Å². The van der Waals surface area contributed by atoms with Crippen LogP contribution in [0.3, 0.4) is 0 Å². The van der Waals surface area contributed by atoms with Crippen LogP contribution in [0.1, 0.15) is 16.7 Å². The first-order valence-corrected chi connectivity index (χ1v) is 14.2. The van der Waals surface area contributed by atoms with E-state index in [1.54, 1.807) is 7.11 Å². The van der Waals surface area contributed by atoms with Crippen molar-refractivity contribution in [1.82, 2.24) is 5.32 Å². The molecule has 26 heavy (non-hydrogen) atoms. The fourth-order valence-electron chi connectivity index (χ4n) is 4.07. The first kappa shape index (κ1) is 16.3. The number of amides is 2. The van der Waals surface area contributed by atoms with E-state index in [1.165, 1.54) is 26.7 Å². The molecule has 1 fully saturated rings. The van der Waals surface area contributed by atoms with Gasteiger partial charge in [-0.1, -0.05) is 0 Å². The molecule has 0 aliphatic carbocycles. The predicted molar refractivity (Wildman–Crippen MR) is 105 cm³/mol. The van der Waals surface area contributed by atoms with E-state index in [4.69, 9.17) is 4.74 Å². The number of nitrogens with one attached hydrogen (secondary N) is 1. The molecule has 5 rings (SSSR count). The summed E-state index contributed by atoms with van der Waals surface area (Å²) in [7, 11) is 1.67. The molecule has 0 saturated carbocycles. The summed E-state index contributed by atoms with van der Waals surface area (Å²) in [5, 5.41) is 2.16. The van der Waals surface area contributed by atoms with Gasteiger partial charge in [0.15, 0.2) is 0 Å². The number of benzene rings is 2. The van der Waals surface area contributed by atoms with Gasteiger partial charge in [-0.2, -0.15) is 0 Å². The van der Waals surface area contributed by atoms with E-state index >= 15 is 0 Å². The number of thioether (sulfide) groups is 1. The second-order valence-corrected chi connectivity index (χ2v) is 15.6. The van der Waals surface area contributed by atoms with Crippen LogP contribution in [0.15, 0.2) is 50.7 Å². The fraction of sp³-hybridized carbons (Fsp3) is 0.100. The zero-order valence-electron chi connectivity index (χ0n) is 14.0. The van der Waals surface area contributed by atoms with Gasteiger partial charge in [0.1, 0.15) is 0 Å². The summed E-state index contributed by atoms with van der Waals surface area (Å²) in [5.41, 5.74) is 3.71. The zero-order valence-corrected chi connectivity index (χ0v) is 18.1. The van der Waals surface area contributed by atoms with Gasteiger partial charge in [0, 0.05) is 0 Å². The Morgan fingerprint density at radius 1 is 1.12 bits per heavy atom. The average molecular weight is 463 g/mol. The Labute approximate surface area is 162 Å². The first-order chi connectivity index (χ1) is 12.7. The van der Waals surface area contributed by atoms with Gasteiger partial charge in [0.25, 0.3) is 0 Å². The number of methoxy groups -OCH3 is 1. The van der Waals surface area contributed by atoms with E-state index in [9.17, 15) is 9.59 Å². The van der Waals surface area contributed by atoms with Gasteiger partial charge in [-0.25, -0.2) is 0 Å². The Morgan fingerprint density at radius 3 is 2.58 bits per heavy atom. The van der Waals surface area contributed by atoms with Gasteiger partial charge in [-0.15, -0.1) is 0 Å². The number of carbonyl (C=O) groups excluding carboxylic acids is 2. The van der Waals surface area contributed by atoms with Crippen LogP contribution < -0.4 is 13.4 Å². The van der Waals surface area contributed by atoms with Crippen LogP contribution in [0.4, 0.5) is 4.79 Å². The average Bonchev–Trinajstić information content (AvgIpc) is 3.21. The molecule has 3 aliphatic rings. The van der Waals surface area contributed by atoms with Crippen LogP contribution in [0.2, 0.25) is 0 Å². The molecule has 1 N–H and O–H groups in total.